The molecule has 1 unspecified atom stereocenters. The van der Waals surface area contributed by atoms with Crippen molar-refractivity contribution in [2.45, 2.75) is 46.1 Å². The second-order valence-corrected chi connectivity index (χ2v) is 5.37. The van der Waals surface area contributed by atoms with Crippen LogP contribution in [-0.2, 0) is 16.0 Å². The highest BCUT2D eigenvalue weighted by atomic mass is 16.4. The first-order valence-corrected chi connectivity index (χ1v) is 6.97. The zero-order chi connectivity index (χ0) is 14.9. The fourth-order valence-corrected chi connectivity index (χ4v) is 2.79. The average molecular weight is 279 g/mol. The number of carbonyl (C=O) groups is 2. The summed E-state index contributed by atoms with van der Waals surface area (Å²) in [6, 6.07) is -0.380. The predicted molar refractivity (Wildman–Crippen MR) is 73.6 cm³/mol. The molecule has 20 heavy (non-hydrogen) atoms. The minimum atomic E-state index is -0.880. The highest BCUT2D eigenvalue weighted by Crippen LogP contribution is 2.21. The first-order valence-electron chi connectivity index (χ1n) is 6.97. The van der Waals surface area contributed by atoms with Gasteiger partial charge in [0.05, 0.1) is 12.1 Å². The Kier molecular flexibility index (Phi) is 4.11. The number of aryl methyl sites for hydroxylation is 1. The number of amides is 1. The molecule has 2 rings (SSSR count). The van der Waals surface area contributed by atoms with Crippen LogP contribution in [0.1, 0.15) is 42.8 Å². The third-order valence-electron chi connectivity index (χ3n) is 3.94. The SMILES string of the molecule is Cc1nn(C(C)C(=O)N2CCCC2)c(C)c1CC(=O)O. The van der Waals surface area contributed by atoms with Crippen LogP contribution in [0.4, 0.5) is 0 Å². The standard InChI is InChI=1S/C14H21N3O3/c1-9-12(8-13(18)19)10(2)17(15-9)11(3)14(20)16-6-4-5-7-16/h11H,4-8H2,1-3H3,(H,18,19). The molecule has 6 nitrogen and oxygen atoms in total. The van der Waals surface area contributed by atoms with Gasteiger partial charge in [-0.2, -0.15) is 5.10 Å². The molecule has 1 aliphatic heterocycles. The first-order chi connectivity index (χ1) is 9.41. The van der Waals surface area contributed by atoms with Crippen molar-refractivity contribution in [2.24, 2.45) is 0 Å². The van der Waals surface area contributed by atoms with Gasteiger partial charge in [0.15, 0.2) is 0 Å². The summed E-state index contributed by atoms with van der Waals surface area (Å²) in [7, 11) is 0. The Bertz CT molecular complexity index is 530. The van der Waals surface area contributed by atoms with Crippen LogP contribution >= 0.6 is 0 Å². The highest BCUT2D eigenvalue weighted by molar-refractivity contribution is 5.80. The lowest BCUT2D eigenvalue weighted by Crippen LogP contribution is -2.34. The Morgan fingerprint density at radius 2 is 1.90 bits per heavy atom. The number of hydrogen-bond donors (Lipinski definition) is 1. The molecule has 1 fully saturated rings. The molecule has 1 atom stereocenters. The number of carboxylic acid groups (broad SMARTS) is 1. The van der Waals surface area contributed by atoms with E-state index in [0.717, 1.165) is 31.6 Å². The largest absolute Gasteiger partial charge is 0.481 e. The molecular formula is C14H21N3O3. The number of carboxylic acids is 1. The van der Waals surface area contributed by atoms with Crippen molar-refractivity contribution in [3.63, 3.8) is 0 Å². The molecule has 1 amide bonds. The highest BCUT2D eigenvalue weighted by Gasteiger charge is 2.27. The van der Waals surface area contributed by atoms with E-state index in [1.165, 1.54) is 0 Å². The average Bonchev–Trinajstić information content (AvgIpc) is 3.00. The Hall–Kier alpha value is -1.85. The second-order valence-electron chi connectivity index (χ2n) is 5.37. The van der Waals surface area contributed by atoms with Crippen LogP contribution in [0.3, 0.4) is 0 Å². The number of rotatable bonds is 4. The zero-order valence-corrected chi connectivity index (χ0v) is 12.2. The number of nitrogens with zero attached hydrogens (tertiary/aromatic N) is 3. The molecule has 1 aliphatic rings. The van der Waals surface area contributed by atoms with Crippen LogP contribution in [0, 0.1) is 13.8 Å². The summed E-state index contributed by atoms with van der Waals surface area (Å²) < 4.78 is 1.66. The van der Waals surface area contributed by atoms with Gasteiger partial charge in [-0.25, -0.2) is 0 Å². The summed E-state index contributed by atoms with van der Waals surface area (Å²) in [5.74, 6) is -0.816. The maximum absolute atomic E-state index is 12.4. The van der Waals surface area contributed by atoms with E-state index >= 15 is 0 Å². The van der Waals surface area contributed by atoms with E-state index in [4.69, 9.17) is 5.11 Å². The smallest absolute Gasteiger partial charge is 0.307 e. The number of hydrogen-bond acceptors (Lipinski definition) is 3. The maximum Gasteiger partial charge on any atom is 0.307 e. The summed E-state index contributed by atoms with van der Waals surface area (Å²) in [6.45, 7) is 7.06. The van der Waals surface area contributed by atoms with E-state index in [9.17, 15) is 9.59 Å². The van der Waals surface area contributed by atoms with Crippen LogP contribution in [0.2, 0.25) is 0 Å². The minimum absolute atomic E-state index is 0.0533. The molecule has 2 heterocycles. The Balaban J connectivity index is 2.23. The van der Waals surface area contributed by atoms with Gasteiger partial charge in [0.2, 0.25) is 5.91 Å². The van der Waals surface area contributed by atoms with Gasteiger partial charge in [0, 0.05) is 24.3 Å². The fraction of sp³-hybridized carbons (Fsp3) is 0.643. The van der Waals surface area contributed by atoms with E-state index < -0.39 is 5.97 Å². The van der Waals surface area contributed by atoms with Crippen LogP contribution in [0.25, 0.3) is 0 Å². The molecule has 1 aromatic rings. The second kappa shape index (κ2) is 5.64. The van der Waals surface area contributed by atoms with Crippen molar-refractivity contribution in [2.75, 3.05) is 13.1 Å². The first kappa shape index (κ1) is 14.6. The third-order valence-corrected chi connectivity index (χ3v) is 3.94. The summed E-state index contributed by atoms with van der Waals surface area (Å²) in [6.07, 6.45) is 2.06. The molecule has 0 spiro atoms. The Morgan fingerprint density at radius 1 is 1.30 bits per heavy atom. The Labute approximate surface area is 118 Å². The summed E-state index contributed by atoms with van der Waals surface area (Å²) in [5, 5.41) is 13.3. The summed E-state index contributed by atoms with van der Waals surface area (Å²) in [4.78, 5) is 25.1. The van der Waals surface area contributed by atoms with E-state index in [0.29, 0.717) is 11.3 Å². The monoisotopic (exact) mass is 279 g/mol. The van der Waals surface area contributed by atoms with E-state index in [2.05, 4.69) is 5.10 Å². The molecule has 0 aliphatic carbocycles. The van der Waals surface area contributed by atoms with Gasteiger partial charge >= 0.3 is 5.97 Å². The van der Waals surface area contributed by atoms with Crippen LogP contribution in [0.15, 0.2) is 0 Å². The number of aromatic nitrogens is 2. The fourth-order valence-electron chi connectivity index (χ4n) is 2.79. The zero-order valence-electron chi connectivity index (χ0n) is 12.2. The van der Waals surface area contributed by atoms with Crippen LogP contribution in [-0.4, -0.2) is 44.8 Å². The van der Waals surface area contributed by atoms with Crippen molar-refractivity contribution in [1.29, 1.82) is 0 Å². The Morgan fingerprint density at radius 3 is 2.45 bits per heavy atom. The van der Waals surface area contributed by atoms with Crippen molar-refractivity contribution >= 4 is 11.9 Å². The normalized spacial score (nSPS) is 16.4. The van der Waals surface area contributed by atoms with Gasteiger partial charge in [-0.15, -0.1) is 0 Å². The number of aliphatic carboxylic acids is 1. The maximum atomic E-state index is 12.4. The molecule has 0 saturated carbocycles. The van der Waals surface area contributed by atoms with Gasteiger partial charge in [0.25, 0.3) is 0 Å². The lowest BCUT2D eigenvalue weighted by molar-refractivity contribution is -0.136. The third kappa shape index (κ3) is 2.69. The lowest BCUT2D eigenvalue weighted by atomic mass is 10.1. The molecule has 1 N–H and O–H groups in total. The topological polar surface area (TPSA) is 75.4 Å². The molecule has 1 saturated heterocycles. The van der Waals surface area contributed by atoms with Gasteiger partial charge < -0.3 is 10.0 Å². The van der Waals surface area contributed by atoms with Crippen LogP contribution < -0.4 is 0 Å². The molecular weight excluding hydrogens is 258 g/mol. The van der Waals surface area contributed by atoms with Crippen molar-refractivity contribution in [3.05, 3.63) is 17.0 Å². The van der Waals surface area contributed by atoms with E-state index in [1.54, 1.807) is 11.6 Å². The van der Waals surface area contributed by atoms with Gasteiger partial charge in [0.1, 0.15) is 6.04 Å². The van der Waals surface area contributed by atoms with Crippen LogP contribution in [0.5, 0.6) is 0 Å². The van der Waals surface area contributed by atoms with Crippen molar-refractivity contribution in [3.8, 4) is 0 Å². The molecule has 6 heteroatoms. The van der Waals surface area contributed by atoms with Crippen molar-refractivity contribution < 1.29 is 14.7 Å². The molecule has 0 radical (unpaired) electrons. The molecule has 0 bridgehead atoms. The minimum Gasteiger partial charge on any atom is -0.481 e. The van der Waals surface area contributed by atoms with Crippen molar-refractivity contribution in [1.82, 2.24) is 14.7 Å². The quantitative estimate of drug-likeness (QED) is 0.901. The van der Waals surface area contributed by atoms with E-state index in [-0.39, 0.29) is 18.4 Å². The lowest BCUT2D eigenvalue weighted by Gasteiger charge is -2.21. The predicted octanol–water partition coefficient (Wildman–Crippen LogP) is 1.31. The van der Waals surface area contributed by atoms with E-state index in [1.807, 2.05) is 18.7 Å². The molecule has 0 aromatic carbocycles. The number of carbonyl (C=O) groups excluding carboxylic acids is 1. The number of likely N-dealkylation sites (tertiary alicyclic amines) is 1. The summed E-state index contributed by atoms with van der Waals surface area (Å²) >= 11 is 0. The van der Waals surface area contributed by atoms with Gasteiger partial charge in [-0.1, -0.05) is 0 Å². The van der Waals surface area contributed by atoms with Gasteiger partial charge in [-0.05, 0) is 33.6 Å². The molecule has 110 valence electrons. The summed E-state index contributed by atoms with van der Waals surface area (Å²) in [5.41, 5.74) is 2.16. The van der Waals surface area contributed by atoms with Gasteiger partial charge in [-0.3, -0.25) is 14.3 Å². The molecule has 1 aromatic heterocycles.